The molecule has 0 bridgehead atoms. The SMILES string of the molecule is C[C@]1(NC(=O)COC(=O)c2cc(=O)c3ccccc3o2)CCS(=O)(=O)C1. The number of rotatable bonds is 4. The molecular weight excluding hydrogens is 362 g/mol. The van der Waals surface area contributed by atoms with Gasteiger partial charge in [0.2, 0.25) is 5.76 Å². The van der Waals surface area contributed by atoms with E-state index in [0.29, 0.717) is 11.8 Å². The Balaban J connectivity index is 1.64. The average Bonchev–Trinajstić information content (AvgIpc) is 2.85. The van der Waals surface area contributed by atoms with Crippen molar-refractivity contribution in [2.75, 3.05) is 18.1 Å². The summed E-state index contributed by atoms with van der Waals surface area (Å²) in [5.74, 6) is -2.03. The monoisotopic (exact) mass is 379 g/mol. The minimum atomic E-state index is -3.17. The predicted octanol–water partition coefficient (Wildman–Crippen LogP) is 0.643. The Morgan fingerprint density at radius 3 is 2.73 bits per heavy atom. The Labute approximate surface area is 149 Å². The highest BCUT2D eigenvalue weighted by Crippen LogP contribution is 2.22. The second kappa shape index (κ2) is 6.56. The lowest BCUT2D eigenvalue weighted by Crippen LogP contribution is -2.48. The molecule has 8 nitrogen and oxygen atoms in total. The van der Waals surface area contributed by atoms with E-state index in [1.807, 2.05) is 0 Å². The molecule has 9 heteroatoms. The number of sulfone groups is 1. The molecule has 0 radical (unpaired) electrons. The lowest BCUT2D eigenvalue weighted by molar-refractivity contribution is -0.125. The number of fused-ring (bicyclic) bond motifs is 1. The van der Waals surface area contributed by atoms with Gasteiger partial charge in [-0.15, -0.1) is 0 Å². The third-order valence-electron chi connectivity index (χ3n) is 4.11. The molecule has 138 valence electrons. The third kappa shape index (κ3) is 3.93. The second-order valence-corrected chi connectivity index (χ2v) is 8.68. The van der Waals surface area contributed by atoms with Gasteiger partial charge in [-0.1, -0.05) is 12.1 Å². The van der Waals surface area contributed by atoms with E-state index in [9.17, 15) is 22.8 Å². The van der Waals surface area contributed by atoms with Crippen molar-refractivity contribution in [1.29, 1.82) is 0 Å². The molecule has 0 unspecified atom stereocenters. The lowest BCUT2D eigenvalue weighted by atomic mass is 10.0. The molecule has 1 atom stereocenters. The minimum absolute atomic E-state index is 0.00577. The third-order valence-corrected chi connectivity index (χ3v) is 6.02. The Kier molecular flexibility index (Phi) is 4.57. The van der Waals surface area contributed by atoms with Gasteiger partial charge in [-0.3, -0.25) is 9.59 Å². The number of carbonyl (C=O) groups excluding carboxylic acids is 2. The highest BCUT2D eigenvalue weighted by atomic mass is 32.2. The summed E-state index contributed by atoms with van der Waals surface area (Å²) in [5.41, 5.74) is -1.04. The van der Waals surface area contributed by atoms with Gasteiger partial charge in [0.25, 0.3) is 5.91 Å². The van der Waals surface area contributed by atoms with Gasteiger partial charge in [-0.05, 0) is 25.5 Å². The first-order valence-corrected chi connectivity index (χ1v) is 9.71. The topological polar surface area (TPSA) is 120 Å². The molecule has 0 aliphatic carbocycles. The molecule has 2 heterocycles. The van der Waals surface area contributed by atoms with Gasteiger partial charge < -0.3 is 14.5 Å². The fraction of sp³-hybridized carbons (Fsp3) is 0.353. The van der Waals surface area contributed by atoms with Gasteiger partial charge >= 0.3 is 5.97 Å². The maximum absolute atomic E-state index is 12.0. The molecule has 1 aliphatic rings. The van der Waals surface area contributed by atoms with E-state index >= 15 is 0 Å². The summed E-state index contributed by atoms with van der Waals surface area (Å²) in [6.45, 7) is 1.02. The Morgan fingerprint density at radius 2 is 2.04 bits per heavy atom. The number of amides is 1. The standard InChI is InChI=1S/C17H17NO7S/c1-17(6-7-26(22,23)10-17)18-15(20)9-24-16(21)14-8-12(19)11-4-2-3-5-13(11)25-14/h2-5,8H,6-7,9-10H2,1H3,(H,18,20)/t17-/m0/s1. The zero-order chi connectivity index (χ0) is 18.9. The van der Waals surface area contributed by atoms with Crippen LogP contribution in [0.15, 0.2) is 39.5 Å². The maximum Gasteiger partial charge on any atom is 0.374 e. The molecule has 1 aromatic heterocycles. The van der Waals surface area contributed by atoms with Crippen LogP contribution in [0.3, 0.4) is 0 Å². The van der Waals surface area contributed by atoms with E-state index in [-0.39, 0.29) is 22.8 Å². The normalized spacial score (nSPS) is 21.4. The van der Waals surface area contributed by atoms with Crippen LogP contribution >= 0.6 is 0 Å². The Hall–Kier alpha value is -2.68. The Bertz CT molecular complexity index is 1040. The highest BCUT2D eigenvalue weighted by Gasteiger charge is 2.39. The van der Waals surface area contributed by atoms with Gasteiger partial charge in [-0.25, -0.2) is 13.2 Å². The molecule has 1 N–H and O–H groups in total. The molecule has 1 fully saturated rings. The number of hydrogen-bond acceptors (Lipinski definition) is 7. The second-order valence-electron chi connectivity index (χ2n) is 6.50. The summed E-state index contributed by atoms with van der Waals surface area (Å²) < 4.78 is 33.3. The van der Waals surface area contributed by atoms with E-state index in [1.54, 1.807) is 31.2 Å². The van der Waals surface area contributed by atoms with Crippen molar-refractivity contribution < 1.29 is 27.2 Å². The van der Waals surface area contributed by atoms with Crippen LogP contribution in [0.4, 0.5) is 0 Å². The van der Waals surface area contributed by atoms with Crippen LogP contribution in [0, 0.1) is 0 Å². The minimum Gasteiger partial charge on any atom is -0.450 e. The fourth-order valence-corrected chi connectivity index (χ4v) is 4.98. The van der Waals surface area contributed by atoms with Crippen LogP contribution in [-0.4, -0.2) is 43.9 Å². The molecular formula is C17H17NO7S. The van der Waals surface area contributed by atoms with E-state index in [0.717, 1.165) is 6.07 Å². The molecule has 0 saturated carbocycles. The summed E-state index contributed by atoms with van der Waals surface area (Å²) in [7, 11) is -3.17. The summed E-state index contributed by atoms with van der Waals surface area (Å²) >= 11 is 0. The molecule has 2 aromatic rings. The zero-order valence-corrected chi connectivity index (χ0v) is 14.8. The number of hydrogen-bond donors (Lipinski definition) is 1. The number of esters is 1. The number of benzene rings is 1. The largest absolute Gasteiger partial charge is 0.450 e. The first-order chi connectivity index (χ1) is 12.2. The van der Waals surface area contributed by atoms with Crippen molar-refractivity contribution in [2.24, 2.45) is 0 Å². The number of nitrogens with one attached hydrogen (secondary N) is 1. The maximum atomic E-state index is 12.0. The predicted molar refractivity (Wildman–Crippen MR) is 92.6 cm³/mol. The summed E-state index contributed by atoms with van der Waals surface area (Å²) in [6, 6.07) is 7.45. The summed E-state index contributed by atoms with van der Waals surface area (Å²) in [5, 5.41) is 2.90. The summed E-state index contributed by atoms with van der Waals surface area (Å²) in [6.07, 6.45) is 0.300. The van der Waals surface area contributed by atoms with Gasteiger partial charge in [0.15, 0.2) is 21.9 Å². The number of para-hydroxylation sites is 1. The number of ether oxygens (including phenoxy) is 1. The quantitative estimate of drug-likeness (QED) is 0.774. The fourth-order valence-electron chi connectivity index (χ4n) is 2.89. The van der Waals surface area contributed by atoms with Crippen LogP contribution in [0.2, 0.25) is 0 Å². The van der Waals surface area contributed by atoms with Crippen LogP contribution in [0.25, 0.3) is 11.0 Å². The average molecular weight is 379 g/mol. The molecule has 1 aromatic carbocycles. The van der Waals surface area contributed by atoms with E-state index < -0.39 is 39.3 Å². The molecule has 1 saturated heterocycles. The first kappa shape index (κ1) is 18.1. The summed E-state index contributed by atoms with van der Waals surface area (Å²) in [4.78, 5) is 36.0. The van der Waals surface area contributed by atoms with E-state index in [1.165, 1.54) is 0 Å². The molecule has 26 heavy (non-hydrogen) atoms. The van der Waals surface area contributed by atoms with Crippen molar-refractivity contribution in [3.8, 4) is 0 Å². The van der Waals surface area contributed by atoms with Crippen molar-refractivity contribution in [3.05, 3.63) is 46.3 Å². The van der Waals surface area contributed by atoms with E-state index in [4.69, 9.17) is 9.15 Å². The van der Waals surface area contributed by atoms with Crippen LogP contribution < -0.4 is 10.7 Å². The van der Waals surface area contributed by atoms with Crippen molar-refractivity contribution in [3.63, 3.8) is 0 Å². The van der Waals surface area contributed by atoms with Crippen molar-refractivity contribution >= 4 is 32.7 Å². The van der Waals surface area contributed by atoms with Gasteiger partial charge in [0, 0.05) is 6.07 Å². The van der Waals surface area contributed by atoms with Gasteiger partial charge in [0.1, 0.15) is 5.58 Å². The van der Waals surface area contributed by atoms with Gasteiger partial charge in [0.05, 0.1) is 22.4 Å². The van der Waals surface area contributed by atoms with Crippen molar-refractivity contribution in [2.45, 2.75) is 18.9 Å². The van der Waals surface area contributed by atoms with Crippen LogP contribution in [-0.2, 0) is 19.4 Å². The van der Waals surface area contributed by atoms with E-state index in [2.05, 4.69) is 5.32 Å². The zero-order valence-electron chi connectivity index (χ0n) is 14.0. The highest BCUT2D eigenvalue weighted by molar-refractivity contribution is 7.91. The first-order valence-electron chi connectivity index (χ1n) is 7.89. The number of carbonyl (C=O) groups is 2. The lowest BCUT2D eigenvalue weighted by Gasteiger charge is -2.23. The van der Waals surface area contributed by atoms with Gasteiger partial charge in [-0.2, -0.15) is 0 Å². The van der Waals surface area contributed by atoms with Crippen LogP contribution in [0.1, 0.15) is 23.9 Å². The van der Waals surface area contributed by atoms with Crippen molar-refractivity contribution in [1.82, 2.24) is 5.32 Å². The molecule has 1 aliphatic heterocycles. The molecule has 1 amide bonds. The smallest absolute Gasteiger partial charge is 0.374 e. The Morgan fingerprint density at radius 1 is 1.31 bits per heavy atom. The molecule has 0 spiro atoms. The van der Waals surface area contributed by atoms with Crippen LogP contribution in [0.5, 0.6) is 0 Å². The molecule has 3 rings (SSSR count).